The van der Waals surface area contributed by atoms with Crippen LogP contribution in [-0.2, 0) is 11.3 Å². The molecule has 1 saturated heterocycles. The van der Waals surface area contributed by atoms with Gasteiger partial charge in [-0.1, -0.05) is 0 Å². The number of hydrogen-bond acceptors (Lipinski definition) is 6. The molecular weight excluding hydrogens is 328 g/mol. The minimum Gasteiger partial charge on any atom is -0.366 e. The van der Waals surface area contributed by atoms with Gasteiger partial charge in [-0.05, 0) is 37.8 Å². The van der Waals surface area contributed by atoms with Gasteiger partial charge in [0.05, 0.1) is 18.2 Å². The number of nitrogens with two attached hydrogens (primary N) is 1. The lowest BCUT2D eigenvalue weighted by Crippen LogP contribution is -2.46. The maximum Gasteiger partial charge on any atom is 0.251 e. The number of carbonyl (C=O) groups excluding carboxylic acids is 2. The van der Waals surface area contributed by atoms with Gasteiger partial charge in [0.1, 0.15) is 17.7 Å². The summed E-state index contributed by atoms with van der Waals surface area (Å²) in [5.41, 5.74) is 5.67. The molecule has 2 amide bonds. The van der Waals surface area contributed by atoms with Crippen molar-refractivity contribution in [2.24, 2.45) is 5.73 Å². The minimum absolute atomic E-state index is 0.134. The summed E-state index contributed by atoms with van der Waals surface area (Å²) in [5, 5.41) is 9.21. The summed E-state index contributed by atoms with van der Waals surface area (Å²) in [6.45, 7) is 3.46. The number of thiophene rings is 1. The smallest absolute Gasteiger partial charge is 0.251 e. The molecule has 9 heteroatoms. The zero-order valence-corrected chi connectivity index (χ0v) is 14.2. The average Bonchev–Trinajstić information content (AvgIpc) is 3.28. The van der Waals surface area contributed by atoms with Crippen LogP contribution in [0.2, 0.25) is 0 Å². The van der Waals surface area contributed by atoms with Crippen LogP contribution in [0, 0.1) is 0 Å². The van der Waals surface area contributed by atoms with Gasteiger partial charge in [0.2, 0.25) is 5.91 Å². The van der Waals surface area contributed by atoms with E-state index in [0.29, 0.717) is 17.1 Å². The number of primary amides is 1. The van der Waals surface area contributed by atoms with E-state index in [4.69, 9.17) is 5.73 Å². The molecule has 0 spiro atoms. The monoisotopic (exact) mass is 348 g/mol. The molecule has 0 saturated carbocycles. The summed E-state index contributed by atoms with van der Waals surface area (Å²) in [6.07, 6.45) is 5.26. The molecule has 3 rings (SSSR count). The fourth-order valence-electron chi connectivity index (χ4n) is 3.07. The van der Waals surface area contributed by atoms with Gasteiger partial charge >= 0.3 is 0 Å². The second-order valence-electron chi connectivity index (χ2n) is 5.84. The van der Waals surface area contributed by atoms with E-state index in [1.54, 1.807) is 22.5 Å². The fraction of sp³-hybridized carbons (Fsp3) is 0.467. The maximum absolute atomic E-state index is 12.6. The topological polar surface area (TPSA) is 106 Å². The van der Waals surface area contributed by atoms with E-state index in [2.05, 4.69) is 20.3 Å². The Morgan fingerprint density at radius 2 is 2.38 bits per heavy atom. The van der Waals surface area contributed by atoms with E-state index < -0.39 is 5.91 Å². The molecule has 0 unspecified atom stereocenters. The quantitative estimate of drug-likeness (QED) is 0.808. The van der Waals surface area contributed by atoms with Gasteiger partial charge in [0.15, 0.2) is 0 Å². The molecule has 1 aliphatic heterocycles. The number of nitrogens with zero attached hydrogens (tertiary/aromatic N) is 4. The summed E-state index contributed by atoms with van der Waals surface area (Å²) < 4.78 is 1.79. The van der Waals surface area contributed by atoms with Gasteiger partial charge < -0.3 is 11.1 Å². The van der Waals surface area contributed by atoms with Crippen molar-refractivity contribution in [3.05, 3.63) is 29.7 Å². The van der Waals surface area contributed by atoms with Crippen LogP contribution in [0.4, 0.5) is 5.00 Å². The molecular formula is C15H20N6O2S. The minimum atomic E-state index is -0.538. The molecule has 2 aromatic heterocycles. The molecule has 8 nitrogen and oxygen atoms in total. The SMILES string of the molecule is C[C@H](C(=O)Nc1sccc1C(N)=O)N1CCC[C@H]1Cn1cncn1. The van der Waals surface area contributed by atoms with Crippen molar-refractivity contribution in [3.63, 3.8) is 0 Å². The third-order valence-electron chi connectivity index (χ3n) is 4.33. The van der Waals surface area contributed by atoms with Gasteiger partial charge in [0.25, 0.3) is 5.91 Å². The summed E-state index contributed by atoms with van der Waals surface area (Å²) in [6, 6.07) is 1.56. The number of anilines is 1. The molecule has 0 aromatic carbocycles. The highest BCUT2D eigenvalue weighted by molar-refractivity contribution is 7.14. The van der Waals surface area contributed by atoms with Crippen molar-refractivity contribution >= 4 is 28.2 Å². The Hall–Kier alpha value is -2.26. The third kappa shape index (κ3) is 3.46. The molecule has 3 heterocycles. The Kier molecular flexibility index (Phi) is 4.91. The number of carbonyl (C=O) groups is 2. The third-order valence-corrected chi connectivity index (χ3v) is 5.16. The predicted molar refractivity (Wildman–Crippen MR) is 90.7 cm³/mol. The van der Waals surface area contributed by atoms with E-state index in [0.717, 1.165) is 19.4 Å². The largest absolute Gasteiger partial charge is 0.366 e. The van der Waals surface area contributed by atoms with Crippen molar-refractivity contribution in [2.75, 3.05) is 11.9 Å². The molecule has 2 atom stereocenters. The van der Waals surface area contributed by atoms with E-state index in [1.807, 2.05) is 6.92 Å². The molecule has 2 aromatic rings. The lowest BCUT2D eigenvalue weighted by molar-refractivity contribution is -0.121. The van der Waals surface area contributed by atoms with Crippen LogP contribution in [0.25, 0.3) is 0 Å². The average molecular weight is 348 g/mol. The normalized spacial score (nSPS) is 19.3. The van der Waals surface area contributed by atoms with E-state index in [-0.39, 0.29) is 18.0 Å². The maximum atomic E-state index is 12.6. The number of aromatic nitrogens is 3. The van der Waals surface area contributed by atoms with Crippen molar-refractivity contribution in [2.45, 2.75) is 38.4 Å². The number of hydrogen-bond donors (Lipinski definition) is 2. The molecule has 24 heavy (non-hydrogen) atoms. The lowest BCUT2D eigenvalue weighted by atomic mass is 10.2. The first-order valence-corrected chi connectivity index (χ1v) is 8.70. The van der Waals surface area contributed by atoms with Crippen molar-refractivity contribution < 1.29 is 9.59 Å². The van der Waals surface area contributed by atoms with Gasteiger partial charge in [-0.25, -0.2) is 4.98 Å². The van der Waals surface area contributed by atoms with Crippen LogP contribution in [0.5, 0.6) is 0 Å². The van der Waals surface area contributed by atoms with E-state index in [1.165, 1.54) is 17.7 Å². The lowest BCUT2D eigenvalue weighted by Gasteiger charge is -2.29. The Morgan fingerprint density at radius 3 is 3.08 bits per heavy atom. The van der Waals surface area contributed by atoms with Crippen LogP contribution < -0.4 is 11.1 Å². The van der Waals surface area contributed by atoms with Crippen LogP contribution >= 0.6 is 11.3 Å². The highest BCUT2D eigenvalue weighted by atomic mass is 32.1. The predicted octanol–water partition coefficient (Wildman–Crippen LogP) is 0.930. The Balaban J connectivity index is 1.66. The second-order valence-corrected chi connectivity index (χ2v) is 6.76. The summed E-state index contributed by atoms with van der Waals surface area (Å²) in [5.74, 6) is -0.671. The van der Waals surface area contributed by atoms with Gasteiger partial charge in [-0.15, -0.1) is 11.3 Å². The molecule has 1 aliphatic rings. The Morgan fingerprint density at radius 1 is 1.54 bits per heavy atom. The molecule has 1 fully saturated rings. The van der Waals surface area contributed by atoms with Crippen LogP contribution in [-0.4, -0.2) is 50.1 Å². The van der Waals surface area contributed by atoms with Crippen molar-refractivity contribution in [1.29, 1.82) is 0 Å². The van der Waals surface area contributed by atoms with E-state index in [9.17, 15) is 9.59 Å². The van der Waals surface area contributed by atoms with Gasteiger partial charge in [-0.2, -0.15) is 5.10 Å². The number of likely N-dealkylation sites (tertiary alicyclic amines) is 1. The first kappa shape index (κ1) is 16.6. The first-order chi connectivity index (χ1) is 11.6. The zero-order chi connectivity index (χ0) is 17.1. The zero-order valence-electron chi connectivity index (χ0n) is 13.4. The summed E-state index contributed by atoms with van der Waals surface area (Å²) in [7, 11) is 0. The standard InChI is InChI=1S/C15H20N6O2S/c1-10(14(23)19-15-12(13(16)22)4-6-24-15)21-5-2-3-11(21)7-20-9-17-8-18-20/h4,6,8-11H,2-3,5,7H2,1H3,(H2,16,22)(H,19,23)/t10-,11+/m1/s1. The number of rotatable bonds is 6. The highest BCUT2D eigenvalue weighted by Crippen LogP contribution is 2.25. The highest BCUT2D eigenvalue weighted by Gasteiger charge is 2.32. The first-order valence-electron chi connectivity index (χ1n) is 7.82. The molecule has 0 bridgehead atoms. The fourth-order valence-corrected chi connectivity index (χ4v) is 3.87. The summed E-state index contributed by atoms with van der Waals surface area (Å²) >= 11 is 1.30. The molecule has 128 valence electrons. The van der Waals surface area contributed by atoms with Crippen molar-refractivity contribution in [1.82, 2.24) is 19.7 Å². The molecule has 0 radical (unpaired) electrons. The van der Waals surface area contributed by atoms with Crippen LogP contribution in [0.15, 0.2) is 24.1 Å². The number of amides is 2. The second kappa shape index (κ2) is 7.10. The molecule has 3 N–H and O–H groups in total. The number of nitrogens with one attached hydrogen (secondary N) is 1. The van der Waals surface area contributed by atoms with Crippen molar-refractivity contribution in [3.8, 4) is 0 Å². The Labute approximate surface area is 143 Å². The van der Waals surface area contributed by atoms with Crippen LogP contribution in [0.1, 0.15) is 30.1 Å². The Bertz CT molecular complexity index is 713. The van der Waals surface area contributed by atoms with Gasteiger partial charge in [0, 0.05) is 6.04 Å². The summed E-state index contributed by atoms with van der Waals surface area (Å²) in [4.78, 5) is 30.1. The van der Waals surface area contributed by atoms with E-state index >= 15 is 0 Å². The van der Waals surface area contributed by atoms with Gasteiger partial charge in [-0.3, -0.25) is 19.2 Å². The van der Waals surface area contributed by atoms with Crippen LogP contribution in [0.3, 0.4) is 0 Å². The molecule has 0 aliphatic carbocycles.